The molecule has 1 aliphatic heterocycles. The zero-order valence-corrected chi connectivity index (χ0v) is 25.9. The highest BCUT2D eigenvalue weighted by Crippen LogP contribution is 2.28. The Hall–Kier alpha value is -3.55. The first-order valence-electron chi connectivity index (χ1n) is 15.5. The molecular weight excluding hydrogens is 562 g/mol. The molecule has 0 aliphatic carbocycles. The standard InChI is InChI=1S/C35H44ClN3O4/c1-38(34(41)31-19-18-28(36)26-33(31)40)22-12-5-3-2-4-6-13-23-39-24-20-29(21-25-39)43-35(42)37-32-17-11-10-16-30(32)27-14-8-7-9-15-27/h7-11,14-19,26,29,40H,2-6,12-13,20-25H2,1H3,(H,37,42). The smallest absolute Gasteiger partial charge is 0.411 e. The molecule has 1 fully saturated rings. The molecule has 7 nitrogen and oxygen atoms in total. The second kappa shape index (κ2) is 16.9. The number of hydrogen-bond donors (Lipinski definition) is 2. The number of piperidine rings is 1. The summed E-state index contributed by atoms with van der Waals surface area (Å²) in [5.41, 5.74) is 3.08. The van der Waals surface area contributed by atoms with E-state index in [-0.39, 0.29) is 29.4 Å². The van der Waals surface area contributed by atoms with Crippen LogP contribution < -0.4 is 5.32 Å². The third-order valence-electron chi connectivity index (χ3n) is 8.06. The number of nitrogens with zero attached hydrogens (tertiary/aromatic N) is 2. The van der Waals surface area contributed by atoms with E-state index in [1.807, 2.05) is 54.6 Å². The van der Waals surface area contributed by atoms with Crippen LogP contribution in [-0.2, 0) is 4.74 Å². The molecule has 2 N–H and O–H groups in total. The number of unbranched alkanes of at least 4 members (excludes halogenated alkanes) is 6. The molecule has 8 heteroatoms. The second-order valence-corrected chi connectivity index (χ2v) is 11.8. The van der Waals surface area contributed by atoms with Crippen LogP contribution in [0.5, 0.6) is 5.75 Å². The zero-order chi connectivity index (χ0) is 30.4. The highest BCUT2D eigenvalue weighted by molar-refractivity contribution is 6.30. The van der Waals surface area contributed by atoms with Gasteiger partial charge in [-0.2, -0.15) is 0 Å². The molecule has 1 saturated heterocycles. The summed E-state index contributed by atoms with van der Waals surface area (Å²) >= 11 is 5.86. The zero-order valence-electron chi connectivity index (χ0n) is 25.1. The van der Waals surface area contributed by atoms with Gasteiger partial charge < -0.3 is 19.6 Å². The van der Waals surface area contributed by atoms with E-state index in [4.69, 9.17) is 16.3 Å². The average molecular weight is 606 g/mol. The summed E-state index contributed by atoms with van der Waals surface area (Å²) in [5.74, 6) is -0.260. The minimum Gasteiger partial charge on any atom is -0.507 e. The van der Waals surface area contributed by atoms with Crippen LogP contribution in [0.3, 0.4) is 0 Å². The first-order chi connectivity index (χ1) is 20.9. The molecule has 4 rings (SSSR count). The van der Waals surface area contributed by atoms with Crippen molar-refractivity contribution >= 4 is 29.3 Å². The molecule has 1 heterocycles. The lowest BCUT2D eigenvalue weighted by Crippen LogP contribution is -2.38. The van der Waals surface area contributed by atoms with Gasteiger partial charge in [0, 0.05) is 37.3 Å². The van der Waals surface area contributed by atoms with E-state index in [2.05, 4.69) is 10.2 Å². The summed E-state index contributed by atoms with van der Waals surface area (Å²) in [4.78, 5) is 29.3. The number of phenolic OH excluding ortho intramolecular Hbond substituents is 1. The minimum atomic E-state index is -0.388. The molecular formula is C35H44ClN3O4. The maximum atomic E-state index is 12.7. The lowest BCUT2D eigenvalue weighted by molar-refractivity contribution is 0.0584. The number of para-hydroxylation sites is 1. The highest BCUT2D eigenvalue weighted by Gasteiger charge is 2.22. The van der Waals surface area contributed by atoms with Gasteiger partial charge in [-0.15, -0.1) is 0 Å². The van der Waals surface area contributed by atoms with Gasteiger partial charge in [-0.25, -0.2) is 4.79 Å². The molecule has 43 heavy (non-hydrogen) atoms. The van der Waals surface area contributed by atoms with Gasteiger partial charge in [-0.1, -0.05) is 92.2 Å². The van der Waals surface area contributed by atoms with Crippen LogP contribution in [0.25, 0.3) is 11.1 Å². The average Bonchev–Trinajstić information content (AvgIpc) is 3.01. The summed E-state index contributed by atoms with van der Waals surface area (Å²) < 4.78 is 5.77. The van der Waals surface area contributed by atoms with Gasteiger partial charge in [0.05, 0.1) is 11.3 Å². The fraction of sp³-hybridized carbons (Fsp3) is 0.429. The monoisotopic (exact) mass is 605 g/mol. The van der Waals surface area contributed by atoms with E-state index >= 15 is 0 Å². The Morgan fingerprint density at radius 3 is 2.28 bits per heavy atom. The van der Waals surface area contributed by atoms with Crippen molar-refractivity contribution < 1.29 is 19.4 Å². The molecule has 3 aromatic carbocycles. The van der Waals surface area contributed by atoms with Gasteiger partial charge >= 0.3 is 6.09 Å². The van der Waals surface area contributed by atoms with Crippen LogP contribution in [0, 0.1) is 0 Å². The Morgan fingerprint density at radius 2 is 1.56 bits per heavy atom. The third-order valence-corrected chi connectivity index (χ3v) is 8.30. The van der Waals surface area contributed by atoms with Crippen LogP contribution in [-0.4, -0.2) is 66.2 Å². The number of hydrogen-bond acceptors (Lipinski definition) is 5. The number of amides is 2. The number of benzene rings is 3. The van der Waals surface area contributed by atoms with Crippen molar-refractivity contribution in [2.75, 3.05) is 38.5 Å². The van der Waals surface area contributed by atoms with Gasteiger partial charge in [0.1, 0.15) is 11.9 Å². The lowest BCUT2D eigenvalue weighted by Gasteiger charge is -2.31. The fourth-order valence-electron chi connectivity index (χ4n) is 5.56. The fourth-order valence-corrected chi connectivity index (χ4v) is 5.73. The molecule has 3 aromatic rings. The summed E-state index contributed by atoms with van der Waals surface area (Å²) in [6.07, 6.45) is 9.31. The summed E-state index contributed by atoms with van der Waals surface area (Å²) in [7, 11) is 1.77. The van der Waals surface area contributed by atoms with E-state index in [0.717, 1.165) is 68.6 Å². The van der Waals surface area contributed by atoms with Crippen molar-refractivity contribution in [3.63, 3.8) is 0 Å². The predicted molar refractivity (Wildman–Crippen MR) is 174 cm³/mol. The van der Waals surface area contributed by atoms with Gasteiger partial charge in [0.2, 0.25) is 0 Å². The Morgan fingerprint density at radius 1 is 0.907 bits per heavy atom. The number of ether oxygens (including phenoxy) is 1. The Balaban J connectivity index is 1.02. The van der Waals surface area contributed by atoms with E-state index in [1.54, 1.807) is 24.1 Å². The molecule has 1 aliphatic rings. The van der Waals surface area contributed by atoms with E-state index < -0.39 is 0 Å². The number of rotatable bonds is 14. The van der Waals surface area contributed by atoms with Crippen molar-refractivity contribution in [1.82, 2.24) is 9.80 Å². The topological polar surface area (TPSA) is 82.1 Å². The quantitative estimate of drug-likeness (QED) is 0.181. The first-order valence-corrected chi connectivity index (χ1v) is 15.9. The van der Waals surface area contributed by atoms with Crippen LogP contribution >= 0.6 is 11.6 Å². The molecule has 0 atom stereocenters. The maximum Gasteiger partial charge on any atom is 0.411 e. The molecule has 0 aromatic heterocycles. The lowest BCUT2D eigenvalue weighted by atomic mass is 10.0. The highest BCUT2D eigenvalue weighted by atomic mass is 35.5. The SMILES string of the molecule is CN(CCCCCCCCCN1CCC(OC(=O)Nc2ccccc2-c2ccccc2)CC1)C(=O)c1ccc(Cl)cc1O. The molecule has 0 spiro atoms. The number of anilines is 1. The van der Waals surface area contributed by atoms with Crippen LogP contribution in [0.15, 0.2) is 72.8 Å². The van der Waals surface area contributed by atoms with Crippen molar-refractivity contribution in [3.8, 4) is 16.9 Å². The molecule has 0 bridgehead atoms. The number of halogens is 1. The number of carbonyl (C=O) groups is 2. The van der Waals surface area contributed by atoms with Crippen molar-refractivity contribution in [2.24, 2.45) is 0 Å². The number of aromatic hydroxyl groups is 1. The normalized spacial score (nSPS) is 13.9. The van der Waals surface area contributed by atoms with Crippen LogP contribution in [0.1, 0.15) is 68.1 Å². The van der Waals surface area contributed by atoms with E-state index in [9.17, 15) is 14.7 Å². The Kier molecular flexibility index (Phi) is 12.7. The molecule has 230 valence electrons. The number of carbonyl (C=O) groups excluding carboxylic acids is 2. The molecule has 0 unspecified atom stereocenters. The van der Waals surface area contributed by atoms with Gasteiger partial charge in [0.25, 0.3) is 5.91 Å². The van der Waals surface area contributed by atoms with Gasteiger partial charge in [-0.3, -0.25) is 10.1 Å². The summed E-state index contributed by atoms with van der Waals surface area (Å²) in [6.45, 7) is 3.67. The Labute approximate surface area is 260 Å². The van der Waals surface area contributed by atoms with Gasteiger partial charge in [-0.05, 0) is 62.1 Å². The maximum absolute atomic E-state index is 12.7. The van der Waals surface area contributed by atoms with Gasteiger partial charge in [0.15, 0.2) is 0 Å². The van der Waals surface area contributed by atoms with Crippen molar-refractivity contribution in [2.45, 2.75) is 63.9 Å². The van der Waals surface area contributed by atoms with E-state index in [1.165, 1.54) is 31.7 Å². The van der Waals surface area contributed by atoms with Crippen molar-refractivity contribution in [3.05, 3.63) is 83.4 Å². The number of likely N-dealkylation sites (tertiary alicyclic amines) is 1. The van der Waals surface area contributed by atoms with Crippen LogP contribution in [0.2, 0.25) is 5.02 Å². The first kappa shape index (κ1) is 32.4. The molecule has 2 amide bonds. The third kappa shape index (κ3) is 10.3. The minimum absolute atomic E-state index is 0.0497. The van der Waals surface area contributed by atoms with Crippen molar-refractivity contribution in [1.29, 1.82) is 0 Å². The predicted octanol–water partition coefficient (Wildman–Crippen LogP) is 8.23. The Bertz CT molecular complexity index is 1310. The largest absolute Gasteiger partial charge is 0.507 e. The summed E-state index contributed by atoms with van der Waals surface area (Å²) in [6, 6.07) is 22.4. The summed E-state index contributed by atoms with van der Waals surface area (Å²) in [5, 5.41) is 13.3. The van der Waals surface area contributed by atoms with Crippen LogP contribution in [0.4, 0.5) is 10.5 Å². The molecule has 0 saturated carbocycles. The number of nitrogens with one attached hydrogen (secondary N) is 1. The van der Waals surface area contributed by atoms with E-state index in [0.29, 0.717) is 11.6 Å². The number of phenols is 1. The second-order valence-electron chi connectivity index (χ2n) is 11.3. The molecule has 0 radical (unpaired) electrons.